The van der Waals surface area contributed by atoms with E-state index < -0.39 is 18.5 Å². The Kier molecular flexibility index (Phi) is 8.42. The van der Waals surface area contributed by atoms with Gasteiger partial charge >= 0.3 is 5.97 Å². The molecule has 3 aromatic rings. The van der Waals surface area contributed by atoms with E-state index in [0.29, 0.717) is 40.1 Å². The summed E-state index contributed by atoms with van der Waals surface area (Å²) in [5, 5.41) is 5.86. The van der Waals surface area contributed by atoms with Gasteiger partial charge in [0.15, 0.2) is 18.2 Å². The first-order chi connectivity index (χ1) is 16.3. The number of rotatable bonds is 9. The zero-order valence-electron chi connectivity index (χ0n) is 19.4. The highest BCUT2D eigenvalue weighted by molar-refractivity contribution is 7.98. The lowest BCUT2D eigenvalue weighted by Crippen LogP contribution is -2.29. The minimum Gasteiger partial charge on any atom is -0.461 e. The van der Waals surface area contributed by atoms with Crippen molar-refractivity contribution in [2.45, 2.75) is 25.8 Å². The van der Waals surface area contributed by atoms with E-state index in [4.69, 9.17) is 9.15 Å². The average Bonchev–Trinajstić information content (AvgIpc) is 3.36. The number of aromatic nitrogens is 2. The highest BCUT2D eigenvalue weighted by atomic mass is 32.2. The van der Waals surface area contributed by atoms with Crippen LogP contribution in [0.25, 0.3) is 11.6 Å². The quantitative estimate of drug-likeness (QED) is 0.267. The fourth-order valence-electron chi connectivity index (χ4n) is 3.02. The molecule has 0 bridgehead atoms. The number of nitrogens with one attached hydrogen (secondary N) is 2. The number of aryl methyl sites for hydroxylation is 1. The van der Waals surface area contributed by atoms with Crippen LogP contribution >= 0.6 is 11.8 Å². The number of anilines is 1. The van der Waals surface area contributed by atoms with Gasteiger partial charge in [-0.25, -0.2) is 14.8 Å². The van der Waals surface area contributed by atoms with Crippen molar-refractivity contribution in [2.24, 2.45) is 5.92 Å². The van der Waals surface area contributed by atoms with Gasteiger partial charge in [-0.15, -0.1) is 11.8 Å². The van der Waals surface area contributed by atoms with Crippen LogP contribution < -0.4 is 10.6 Å². The number of carbonyl (C=O) groups excluding carboxylic acids is 3. The van der Waals surface area contributed by atoms with Crippen molar-refractivity contribution in [1.82, 2.24) is 15.3 Å². The highest BCUT2D eigenvalue weighted by Crippen LogP contribution is 2.25. The van der Waals surface area contributed by atoms with Crippen molar-refractivity contribution < 1.29 is 23.5 Å². The summed E-state index contributed by atoms with van der Waals surface area (Å²) in [6.07, 6.45) is 3.29. The number of hydrogen-bond acceptors (Lipinski definition) is 8. The molecule has 178 valence electrons. The molecule has 34 heavy (non-hydrogen) atoms. The monoisotopic (exact) mass is 482 g/mol. The minimum atomic E-state index is -0.717. The van der Waals surface area contributed by atoms with Gasteiger partial charge in [0, 0.05) is 6.54 Å². The maximum atomic E-state index is 12.7. The van der Waals surface area contributed by atoms with E-state index in [1.807, 2.05) is 13.8 Å². The van der Waals surface area contributed by atoms with E-state index in [2.05, 4.69) is 20.6 Å². The number of furan rings is 1. The Bertz CT molecular complexity index is 1180. The van der Waals surface area contributed by atoms with Gasteiger partial charge in [-0.05, 0) is 43.4 Å². The largest absolute Gasteiger partial charge is 0.461 e. The number of carbonyl (C=O) groups is 3. The van der Waals surface area contributed by atoms with E-state index in [1.54, 1.807) is 49.6 Å². The Labute approximate surface area is 201 Å². The average molecular weight is 483 g/mol. The molecule has 0 unspecified atom stereocenters. The van der Waals surface area contributed by atoms with E-state index in [9.17, 15) is 14.4 Å². The van der Waals surface area contributed by atoms with Gasteiger partial charge in [0.05, 0.1) is 23.2 Å². The molecule has 2 heterocycles. The van der Waals surface area contributed by atoms with Gasteiger partial charge in [-0.3, -0.25) is 9.59 Å². The molecule has 0 fully saturated rings. The van der Waals surface area contributed by atoms with Gasteiger partial charge in [0.25, 0.3) is 11.8 Å². The molecule has 3 rings (SSSR count). The lowest BCUT2D eigenvalue weighted by molar-refractivity contribution is -0.119. The van der Waals surface area contributed by atoms with E-state index in [0.717, 1.165) is 0 Å². The Balaban J connectivity index is 1.67. The third-order valence-corrected chi connectivity index (χ3v) is 5.33. The van der Waals surface area contributed by atoms with Gasteiger partial charge in [-0.1, -0.05) is 26.0 Å². The normalized spacial score (nSPS) is 10.7. The summed E-state index contributed by atoms with van der Waals surface area (Å²) in [6.45, 7) is 5.62. The number of esters is 1. The fraction of sp³-hybridized carbons (Fsp3) is 0.292. The Morgan fingerprint density at radius 1 is 1.12 bits per heavy atom. The van der Waals surface area contributed by atoms with E-state index in [1.165, 1.54) is 18.0 Å². The van der Waals surface area contributed by atoms with E-state index >= 15 is 0 Å². The summed E-state index contributed by atoms with van der Waals surface area (Å²) in [7, 11) is 0. The summed E-state index contributed by atoms with van der Waals surface area (Å²) < 4.78 is 10.6. The van der Waals surface area contributed by atoms with Crippen molar-refractivity contribution in [3.05, 3.63) is 59.5 Å². The molecule has 2 aromatic heterocycles. The van der Waals surface area contributed by atoms with Crippen LogP contribution in [-0.2, 0) is 9.53 Å². The fourth-order valence-corrected chi connectivity index (χ4v) is 3.63. The van der Waals surface area contributed by atoms with Crippen molar-refractivity contribution in [3.63, 3.8) is 0 Å². The Morgan fingerprint density at radius 2 is 1.88 bits per heavy atom. The molecule has 0 aliphatic rings. The maximum Gasteiger partial charge on any atom is 0.343 e. The molecule has 0 aliphatic heterocycles. The highest BCUT2D eigenvalue weighted by Gasteiger charge is 2.22. The summed E-state index contributed by atoms with van der Waals surface area (Å²) in [6, 6.07) is 10.1. The number of hydrogen-bond donors (Lipinski definition) is 2. The van der Waals surface area contributed by atoms with Crippen LogP contribution in [0.1, 0.15) is 40.3 Å². The molecule has 9 nitrogen and oxygen atoms in total. The second-order valence-electron chi connectivity index (χ2n) is 7.77. The zero-order valence-corrected chi connectivity index (χ0v) is 20.2. The molecule has 0 radical (unpaired) electrons. The molecule has 0 spiro atoms. The molecule has 2 amide bonds. The molecular weight excluding hydrogens is 456 g/mol. The van der Waals surface area contributed by atoms with Crippen LogP contribution in [0.5, 0.6) is 0 Å². The smallest absolute Gasteiger partial charge is 0.343 e. The first-order valence-electron chi connectivity index (χ1n) is 10.6. The lowest BCUT2D eigenvalue weighted by atomic mass is 10.1. The lowest BCUT2D eigenvalue weighted by Gasteiger charge is -2.13. The second-order valence-corrected chi connectivity index (χ2v) is 8.56. The van der Waals surface area contributed by atoms with Crippen molar-refractivity contribution in [1.29, 1.82) is 0 Å². The van der Waals surface area contributed by atoms with Crippen molar-refractivity contribution in [3.8, 4) is 11.6 Å². The number of para-hydroxylation sites is 1. The molecule has 1 aromatic carbocycles. The van der Waals surface area contributed by atoms with E-state index in [-0.39, 0.29) is 17.4 Å². The number of nitrogens with zero attached hydrogens (tertiary/aromatic N) is 2. The van der Waals surface area contributed by atoms with Gasteiger partial charge in [0.1, 0.15) is 10.6 Å². The van der Waals surface area contributed by atoms with Crippen LogP contribution in [0.15, 0.2) is 52.1 Å². The predicted octanol–water partition coefficient (Wildman–Crippen LogP) is 3.95. The third-order valence-electron chi connectivity index (χ3n) is 4.65. The van der Waals surface area contributed by atoms with Crippen molar-refractivity contribution >= 4 is 35.2 Å². The Hall–Kier alpha value is -3.66. The summed E-state index contributed by atoms with van der Waals surface area (Å²) in [5.74, 6) is -0.463. The minimum absolute atomic E-state index is 0.184. The predicted molar refractivity (Wildman–Crippen MR) is 129 cm³/mol. The maximum absolute atomic E-state index is 12.7. The van der Waals surface area contributed by atoms with Gasteiger partial charge in [-0.2, -0.15) is 0 Å². The van der Waals surface area contributed by atoms with Crippen LogP contribution in [0, 0.1) is 12.8 Å². The topological polar surface area (TPSA) is 123 Å². The molecule has 10 heteroatoms. The third kappa shape index (κ3) is 6.22. The van der Waals surface area contributed by atoms with Crippen LogP contribution in [0.4, 0.5) is 5.69 Å². The zero-order chi connectivity index (χ0) is 24.7. The summed E-state index contributed by atoms with van der Waals surface area (Å²) >= 11 is 1.26. The Morgan fingerprint density at radius 3 is 2.56 bits per heavy atom. The molecular formula is C24H26N4O5S. The summed E-state index contributed by atoms with van der Waals surface area (Å²) in [4.78, 5) is 46.4. The van der Waals surface area contributed by atoms with Gasteiger partial charge < -0.3 is 19.8 Å². The number of thioether (sulfide) groups is 1. The molecule has 0 aliphatic carbocycles. The SMILES string of the molecule is CSc1nc(-c2ccco2)nc(C)c1C(=O)OCC(=O)Nc1ccccc1C(=O)NCC(C)C. The van der Waals surface area contributed by atoms with Crippen molar-refractivity contribution in [2.75, 3.05) is 24.7 Å². The molecule has 0 saturated heterocycles. The number of amides is 2. The van der Waals surface area contributed by atoms with Crippen LogP contribution in [0.3, 0.4) is 0 Å². The van der Waals surface area contributed by atoms with Gasteiger partial charge in [0.2, 0.25) is 0 Å². The van der Waals surface area contributed by atoms with Crippen LogP contribution in [-0.4, -0.2) is 47.2 Å². The molecule has 0 saturated carbocycles. The second kappa shape index (κ2) is 11.5. The number of ether oxygens (including phenoxy) is 1. The first kappa shape index (κ1) is 25.0. The standard InChI is InChI=1S/C24H26N4O5S/c1-14(2)12-25-22(30)16-8-5-6-9-17(16)27-19(29)13-33-24(31)20-15(3)26-21(28-23(20)34-4)18-10-7-11-32-18/h5-11,14H,12-13H2,1-4H3,(H,25,30)(H,27,29). The molecule has 0 atom stereocenters. The molecule has 2 N–H and O–H groups in total. The summed E-state index contributed by atoms with van der Waals surface area (Å²) in [5.41, 5.74) is 1.24. The first-order valence-corrected chi connectivity index (χ1v) is 11.8. The number of benzene rings is 1. The van der Waals surface area contributed by atoms with Crippen LogP contribution in [0.2, 0.25) is 0 Å².